The first kappa shape index (κ1) is 13.0. The van der Waals surface area contributed by atoms with Gasteiger partial charge in [0, 0.05) is 37.1 Å². The maximum Gasteiger partial charge on any atom is 0.345 e. The van der Waals surface area contributed by atoms with Gasteiger partial charge >= 0.3 is 5.63 Å². The standard InChI is InChI=1S/C15H18N2O3/c1-2-10-13-11(4-3-5-12(13)18)15(19)20-14(10)17-8-6-16-7-9-17/h3-5,16,18H,2,6-9H2,1H3. The minimum absolute atomic E-state index is 0.142. The van der Waals surface area contributed by atoms with E-state index in [1.807, 2.05) is 6.92 Å². The lowest BCUT2D eigenvalue weighted by Gasteiger charge is -2.29. The number of piperazine rings is 1. The second-order valence-electron chi connectivity index (χ2n) is 4.96. The number of fused-ring (bicyclic) bond motifs is 1. The van der Waals surface area contributed by atoms with Gasteiger partial charge in [0.15, 0.2) is 0 Å². The van der Waals surface area contributed by atoms with Gasteiger partial charge in [-0.25, -0.2) is 4.79 Å². The maximum atomic E-state index is 12.1. The number of benzene rings is 1. The molecule has 5 heteroatoms. The van der Waals surface area contributed by atoms with Crippen LogP contribution in [0.5, 0.6) is 5.75 Å². The number of aromatic hydroxyl groups is 1. The molecule has 1 aliphatic heterocycles. The number of anilines is 1. The third-order valence-electron chi connectivity index (χ3n) is 3.77. The predicted octanol–water partition coefficient (Wildman–Crippen LogP) is 1.47. The Morgan fingerprint density at radius 2 is 2.10 bits per heavy atom. The molecule has 1 aromatic heterocycles. The summed E-state index contributed by atoms with van der Waals surface area (Å²) in [6, 6.07) is 4.97. The van der Waals surface area contributed by atoms with Gasteiger partial charge in [0.25, 0.3) is 0 Å². The van der Waals surface area contributed by atoms with E-state index in [0.717, 1.165) is 31.7 Å². The molecule has 5 nitrogen and oxygen atoms in total. The Balaban J connectivity index is 2.27. The van der Waals surface area contributed by atoms with Crippen LogP contribution >= 0.6 is 0 Å². The zero-order chi connectivity index (χ0) is 14.1. The number of phenols is 1. The molecule has 1 fully saturated rings. The highest BCUT2D eigenvalue weighted by Crippen LogP contribution is 2.32. The molecule has 0 radical (unpaired) electrons. The van der Waals surface area contributed by atoms with Gasteiger partial charge in [-0.1, -0.05) is 13.0 Å². The summed E-state index contributed by atoms with van der Waals surface area (Å²) in [7, 11) is 0. The second-order valence-corrected chi connectivity index (χ2v) is 4.96. The zero-order valence-electron chi connectivity index (χ0n) is 11.5. The molecule has 106 valence electrons. The first-order valence-electron chi connectivity index (χ1n) is 6.95. The molecule has 0 unspecified atom stereocenters. The highest BCUT2D eigenvalue weighted by molar-refractivity contribution is 5.92. The average Bonchev–Trinajstić information content (AvgIpc) is 2.49. The molecule has 0 atom stereocenters. The van der Waals surface area contributed by atoms with Crippen LogP contribution in [0.3, 0.4) is 0 Å². The molecule has 1 aliphatic rings. The number of hydrogen-bond acceptors (Lipinski definition) is 5. The van der Waals surface area contributed by atoms with Gasteiger partial charge in [-0.2, -0.15) is 0 Å². The van der Waals surface area contributed by atoms with Crippen molar-refractivity contribution in [2.45, 2.75) is 13.3 Å². The van der Waals surface area contributed by atoms with E-state index in [0.29, 0.717) is 23.1 Å². The van der Waals surface area contributed by atoms with Gasteiger partial charge in [0.1, 0.15) is 5.75 Å². The molecule has 0 saturated carbocycles. The number of aryl methyl sites for hydroxylation is 1. The van der Waals surface area contributed by atoms with Crippen molar-refractivity contribution in [3.05, 3.63) is 34.2 Å². The van der Waals surface area contributed by atoms with E-state index in [-0.39, 0.29) is 11.4 Å². The normalized spacial score (nSPS) is 15.8. The average molecular weight is 274 g/mol. The van der Waals surface area contributed by atoms with Crippen LogP contribution < -0.4 is 15.8 Å². The summed E-state index contributed by atoms with van der Waals surface area (Å²) in [6.45, 7) is 5.34. The van der Waals surface area contributed by atoms with Gasteiger partial charge in [0.2, 0.25) is 5.88 Å². The maximum absolute atomic E-state index is 12.1. The molecule has 2 aromatic rings. The Kier molecular flexibility index (Phi) is 3.36. The lowest BCUT2D eigenvalue weighted by Crippen LogP contribution is -2.44. The van der Waals surface area contributed by atoms with Crippen molar-refractivity contribution < 1.29 is 9.52 Å². The lowest BCUT2D eigenvalue weighted by atomic mass is 10.0. The van der Waals surface area contributed by atoms with E-state index in [1.165, 1.54) is 0 Å². The van der Waals surface area contributed by atoms with Crippen LogP contribution in [0.1, 0.15) is 12.5 Å². The zero-order valence-corrected chi connectivity index (χ0v) is 11.5. The van der Waals surface area contributed by atoms with Gasteiger partial charge in [0.05, 0.1) is 5.39 Å². The Morgan fingerprint density at radius 3 is 2.80 bits per heavy atom. The Morgan fingerprint density at radius 1 is 1.35 bits per heavy atom. The number of nitrogens with one attached hydrogen (secondary N) is 1. The molecule has 1 saturated heterocycles. The summed E-state index contributed by atoms with van der Waals surface area (Å²) in [6.07, 6.45) is 0.705. The Bertz CT molecular complexity index is 687. The fraction of sp³-hybridized carbons (Fsp3) is 0.400. The Labute approximate surface area is 116 Å². The molecule has 0 aliphatic carbocycles. The predicted molar refractivity (Wildman–Crippen MR) is 78.6 cm³/mol. The molecular weight excluding hydrogens is 256 g/mol. The van der Waals surface area contributed by atoms with E-state index in [2.05, 4.69) is 10.2 Å². The van der Waals surface area contributed by atoms with Crippen LogP contribution in [-0.2, 0) is 6.42 Å². The molecule has 2 N–H and O–H groups in total. The summed E-state index contributed by atoms with van der Waals surface area (Å²) < 4.78 is 5.54. The first-order valence-corrected chi connectivity index (χ1v) is 6.95. The van der Waals surface area contributed by atoms with Crippen LogP contribution in [0, 0.1) is 0 Å². The van der Waals surface area contributed by atoms with Crippen molar-refractivity contribution in [1.29, 1.82) is 0 Å². The van der Waals surface area contributed by atoms with Crippen LogP contribution in [0.4, 0.5) is 5.88 Å². The highest BCUT2D eigenvalue weighted by atomic mass is 16.4. The quantitative estimate of drug-likeness (QED) is 0.868. The number of hydrogen-bond donors (Lipinski definition) is 2. The van der Waals surface area contributed by atoms with E-state index in [1.54, 1.807) is 18.2 Å². The van der Waals surface area contributed by atoms with Crippen molar-refractivity contribution in [2.75, 3.05) is 31.1 Å². The van der Waals surface area contributed by atoms with Crippen LogP contribution in [0.25, 0.3) is 10.8 Å². The topological polar surface area (TPSA) is 65.7 Å². The summed E-state index contributed by atoms with van der Waals surface area (Å²) in [5.41, 5.74) is 0.515. The molecule has 0 amide bonds. The second kappa shape index (κ2) is 5.17. The third kappa shape index (κ3) is 2.04. The monoisotopic (exact) mass is 274 g/mol. The van der Waals surface area contributed by atoms with Gasteiger partial charge in [-0.3, -0.25) is 0 Å². The third-order valence-corrected chi connectivity index (χ3v) is 3.77. The fourth-order valence-electron chi connectivity index (χ4n) is 2.79. The van der Waals surface area contributed by atoms with Gasteiger partial charge in [-0.15, -0.1) is 0 Å². The van der Waals surface area contributed by atoms with Crippen LogP contribution in [-0.4, -0.2) is 31.3 Å². The number of nitrogens with zero attached hydrogens (tertiary/aromatic N) is 1. The summed E-state index contributed by atoms with van der Waals surface area (Å²) in [4.78, 5) is 14.2. The van der Waals surface area contributed by atoms with Crippen molar-refractivity contribution in [3.8, 4) is 5.75 Å². The van der Waals surface area contributed by atoms with E-state index < -0.39 is 0 Å². The molecule has 3 rings (SSSR count). The summed E-state index contributed by atoms with van der Waals surface area (Å²) in [5, 5.41) is 14.5. The minimum atomic E-state index is -0.387. The van der Waals surface area contributed by atoms with E-state index in [4.69, 9.17) is 4.42 Å². The molecule has 1 aromatic carbocycles. The van der Waals surface area contributed by atoms with Crippen LogP contribution in [0.2, 0.25) is 0 Å². The molecular formula is C15H18N2O3. The number of phenolic OH excluding ortho intramolecular Hbond substituents is 1. The lowest BCUT2D eigenvalue weighted by molar-refractivity contribution is 0.468. The molecule has 0 bridgehead atoms. The molecule has 20 heavy (non-hydrogen) atoms. The number of rotatable bonds is 2. The van der Waals surface area contributed by atoms with Gasteiger partial charge < -0.3 is 19.7 Å². The van der Waals surface area contributed by atoms with Crippen molar-refractivity contribution in [2.24, 2.45) is 0 Å². The van der Waals surface area contributed by atoms with Gasteiger partial charge in [-0.05, 0) is 18.6 Å². The largest absolute Gasteiger partial charge is 0.507 e. The summed E-state index contributed by atoms with van der Waals surface area (Å²) >= 11 is 0. The summed E-state index contributed by atoms with van der Waals surface area (Å²) in [5.74, 6) is 0.747. The smallest absolute Gasteiger partial charge is 0.345 e. The van der Waals surface area contributed by atoms with Crippen LogP contribution in [0.15, 0.2) is 27.4 Å². The minimum Gasteiger partial charge on any atom is -0.507 e. The van der Waals surface area contributed by atoms with E-state index >= 15 is 0 Å². The Hall–Kier alpha value is -2.01. The highest BCUT2D eigenvalue weighted by Gasteiger charge is 2.21. The molecule has 0 spiro atoms. The van der Waals surface area contributed by atoms with Crippen molar-refractivity contribution in [1.82, 2.24) is 5.32 Å². The SMILES string of the molecule is CCc1c(N2CCNCC2)oc(=O)c2cccc(O)c12. The van der Waals surface area contributed by atoms with Crippen molar-refractivity contribution in [3.63, 3.8) is 0 Å². The van der Waals surface area contributed by atoms with E-state index in [9.17, 15) is 9.90 Å². The van der Waals surface area contributed by atoms with Crippen molar-refractivity contribution >= 4 is 16.7 Å². The fourth-order valence-corrected chi connectivity index (χ4v) is 2.79. The molecule has 2 heterocycles. The first-order chi connectivity index (χ1) is 9.72.